The van der Waals surface area contributed by atoms with Gasteiger partial charge in [-0.1, -0.05) is 0 Å². The Labute approximate surface area is 125 Å². The molecule has 1 aliphatic heterocycles. The summed E-state index contributed by atoms with van der Waals surface area (Å²) in [6.45, 7) is 1.18. The molecule has 1 saturated heterocycles. The number of β-amino-alcohol motifs (C(OH)–C–C–N with tert-alkyl or cyclic N) is 1. The van der Waals surface area contributed by atoms with Crippen molar-refractivity contribution >= 4 is 5.91 Å². The number of benzene rings is 1. The van der Waals surface area contributed by atoms with Gasteiger partial charge >= 0.3 is 0 Å². The molecule has 114 valence electrons. The van der Waals surface area contributed by atoms with Crippen molar-refractivity contribution in [2.45, 2.75) is 50.7 Å². The van der Waals surface area contributed by atoms with Gasteiger partial charge in [0.2, 0.25) is 0 Å². The van der Waals surface area contributed by atoms with Crippen molar-refractivity contribution < 1.29 is 14.6 Å². The summed E-state index contributed by atoms with van der Waals surface area (Å²) in [6.07, 6.45) is 6.38. The minimum absolute atomic E-state index is 0.00108. The molecule has 2 aliphatic rings. The van der Waals surface area contributed by atoms with Gasteiger partial charge in [0.1, 0.15) is 5.75 Å². The summed E-state index contributed by atoms with van der Waals surface area (Å²) in [5, 5.41) is 9.66. The van der Waals surface area contributed by atoms with E-state index in [0.717, 1.165) is 38.0 Å². The van der Waals surface area contributed by atoms with Gasteiger partial charge in [0, 0.05) is 18.7 Å². The second-order valence-corrected chi connectivity index (χ2v) is 6.10. The Bertz CT molecular complexity index is 479. The predicted molar refractivity (Wildman–Crippen MR) is 80.5 cm³/mol. The highest BCUT2D eigenvalue weighted by Gasteiger charge is 2.23. The Morgan fingerprint density at radius 1 is 1.10 bits per heavy atom. The number of carbonyl (C=O) groups excluding carboxylic acids is 1. The van der Waals surface area contributed by atoms with Crippen molar-refractivity contribution in [1.29, 1.82) is 0 Å². The average molecular weight is 289 g/mol. The van der Waals surface area contributed by atoms with Crippen LogP contribution in [0.4, 0.5) is 0 Å². The maximum atomic E-state index is 12.4. The third-order valence-electron chi connectivity index (χ3n) is 4.39. The van der Waals surface area contributed by atoms with E-state index in [2.05, 4.69) is 0 Å². The molecule has 1 aliphatic carbocycles. The molecule has 2 fully saturated rings. The number of ether oxygens (including phenoxy) is 1. The first-order valence-electron chi connectivity index (χ1n) is 7.96. The van der Waals surface area contributed by atoms with Gasteiger partial charge < -0.3 is 14.7 Å². The van der Waals surface area contributed by atoms with Gasteiger partial charge in [-0.3, -0.25) is 4.79 Å². The molecule has 1 aromatic rings. The Balaban J connectivity index is 1.61. The van der Waals surface area contributed by atoms with E-state index in [1.807, 2.05) is 24.3 Å². The fourth-order valence-corrected chi connectivity index (χ4v) is 3.20. The van der Waals surface area contributed by atoms with Crippen LogP contribution in [-0.4, -0.2) is 41.2 Å². The smallest absolute Gasteiger partial charge is 0.253 e. The lowest BCUT2D eigenvalue weighted by atomic mass is 10.1. The fraction of sp³-hybridized carbons (Fsp3) is 0.588. The van der Waals surface area contributed by atoms with Gasteiger partial charge in [0.15, 0.2) is 0 Å². The van der Waals surface area contributed by atoms with E-state index in [-0.39, 0.29) is 12.0 Å². The van der Waals surface area contributed by atoms with Crippen LogP contribution in [-0.2, 0) is 0 Å². The molecular formula is C17H23NO3. The highest BCUT2D eigenvalue weighted by molar-refractivity contribution is 5.94. The van der Waals surface area contributed by atoms with Crippen LogP contribution in [0.15, 0.2) is 24.3 Å². The maximum absolute atomic E-state index is 12.4. The van der Waals surface area contributed by atoms with E-state index in [1.54, 1.807) is 4.90 Å². The molecule has 1 aromatic carbocycles. The fourth-order valence-electron chi connectivity index (χ4n) is 3.20. The van der Waals surface area contributed by atoms with E-state index in [4.69, 9.17) is 4.74 Å². The number of rotatable bonds is 3. The normalized spacial score (nSPS) is 23.3. The molecule has 1 N–H and O–H groups in total. The van der Waals surface area contributed by atoms with Gasteiger partial charge in [0.05, 0.1) is 12.2 Å². The number of hydrogen-bond donors (Lipinski definition) is 1. The number of aliphatic hydroxyl groups excluding tert-OH is 1. The monoisotopic (exact) mass is 289 g/mol. The molecule has 0 aromatic heterocycles. The summed E-state index contributed by atoms with van der Waals surface area (Å²) < 4.78 is 5.91. The van der Waals surface area contributed by atoms with Crippen molar-refractivity contribution in [2.75, 3.05) is 13.1 Å². The predicted octanol–water partition coefficient (Wildman–Crippen LogP) is 2.60. The Morgan fingerprint density at radius 3 is 2.48 bits per heavy atom. The first-order chi connectivity index (χ1) is 10.2. The van der Waals surface area contributed by atoms with Crippen LogP contribution >= 0.6 is 0 Å². The van der Waals surface area contributed by atoms with Gasteiger partial charge in [-0.25, -0.2) is 0 Å². The molecule has 1 heterocycles. The number of nitrogens with zero attached hydrogens (tertiary/aromatic N) is 1. The SMILES string of the molecule is O=C(c1ccc(OC2CCCC2)cc1)N1CCCC(O)C1. The topological polar surface area (TPSA) is 49.8 Å². The highest BCUT2D eigenvalue weighted by atomic mass is 16.5. The van der Waals surface area contributed by atoms with Crippen LogP contribution in [0.3, 0.4) is 0 Å². The third-order valence-corrected chi connectivity index (χ3v) is 4.39. The van der Waals surface area contributed by atoms with E-state index in [1.165, 1.54) is 12.8 Å². The van der Waals surface area contributed by atoms with E-state index in [0.29, 0.717) is 18.2 Å². The zero-order chi connectivity index (χ0) is 14.7. The quantitative estimate of drug-likeness (QED) is 0.930. The molecule has 3 rings (SSSR count). The molecule has 1 amide bonds. The summed E-state index contributed by atoms with van der Waals surface area (Å²) in [6, 6.07) is 7.42. The standard InChI is InChI=1S/C17H23NO3/c19-14-4-3-11-18(12-14)17(20)13-7-9-16(10-8-13)21-15-5-1-2-6-15/h7-10,14-15,19H,1-6,11-12H2. The zero-order valence-electron chi connectivity index (χ0n) is 12.3. The van der Waals surface area contributed by atoms with Gasteiger partial charge in [-0.2, -0.15) is 0 Å². The van der Waals surface area contributed by atoms with Crippen LogP contribution in [0.2, 0.25) is 0 Å². The largest absolute Gasteiger partial charge is 0.490 e. The first-order valence-corrected chi connectivity index (χ1v) is 7.96. The maximum Gasteiger partial charge on any atom is 0.253 e. The molecule has 0 spiro atoms. The van der Waals surface area contributed by atoms with E-state index in [9.17, 15) is 9.90 Å². The number of piperidine rings is 1. The number of amides is 1. The molecule has 4 nitrogen and oxygen atoms in total. The number of likely N-dealkylation sites (tertiary alicyclic amines) is 1. The second kappa shape index (κ2) is 6.48. The Kier molecular flexibility index (Phi) is 4.44. The lowest BCUT2D eigenvalue weighted by Gasteiger charge is -2.30. The summed E-state index contributed by atoms with van der Waals surface area (Å²) in [4.78, 5) is 14.1. The second-order valence-electron chi connectivity index (χ2n) is 6.10. The molecule has 1 atom stereocenters. The highest BCUT2D eigenvalue weighted by Crippen LogP contribution is 2.24. The molecule has 4 heteroatoms. The number of carbonyl (C=O) groups is 1. The minimum Gasteiger partial charge on any atom is -0.490 e. The van der Waals surface area contributed by atoms with Gasteiger partial charge in [0.25, 0.3) is 5.91 Å². The van der Waals surface area contributed by atoms with Crippen LogP contribution < -0.4 is 4.74 Å². The molecule has 1 unspecified atom stereocenters. The zero-order valence-corrected chi connectivity index (χ0v) is 12.3. The Morgan fingerprint density at radius 2 is 1.81 bits per heavy atom. The lowest BCUT2D eigenvalue weighted by Crippen LogP contribution is -2.42. The molecule has 0 bridgehead atoms. The Hall–Kier alpha value is -1.55. The number of hydrogen-bond acceptors (Lipinski definition) is 3. The van der Waals surface area contributed by atoms with Crippen LogP contribution in [0.1, 0.15) is 48.9 Å². The van der Waals surface area contributed by atoms with Crippen LogP contribution in [0.5, 0.6) is 5.75 Å². The average Bonchev–Trinajstić information content (AvgIpc) is 3.00. The number of aliphatic hydroxyl groups is 1. The summed E-state index contributed by atoms with van der Waals surface area (Å²) in [5.41, 5.74) is 0.669. The van der Waals surface area contributed by atoms with Crippen LogP contribution in [0.25, 0.3) is 0 Å². The van der Waals surface area contributed by atoms with Crippen molar-refractivity contribution in [3.63, 3.8) is 0 Å². The summed E-state index contributed by atoms with van der Waals surface area (Å²) in [5.74, 6) is 0.846. The molecule has 21 heavy (non-hydrogen) atoms. The first kappa shape index (κ1) is 14.4. The van der Waals surface area contributed by atoms with Gasteiger partial charge in [-0.15, -0.1) is 0 Å². The third kappa shape index (κ3) is 3.56. The molecule has 0 radical (unpaired) electrons. The van der Waals surface area contributed by atoms with Crippen molar-refractivity contribution in [3.05, 3.63) is 29.8 Å². The summed E-state index contributed by atoms with van der Waals surface area (Å²) in [7, 11) is 0. The molecule has 1 saturated carbocycles. The lowest BCUT2D eigenvalue weighted by molar-refractivity contribution is 0.0473. The summed E-state index contributed by atoms with van der Waals surface area (Å²) >= 11 is 0. The molecular weight excluding hydrogens is 266 g/mol. The van der Waals surface area contributed by atoms with Crippen molar-refractivity contribution in [2.24, 2.45) is 0 Å². The van der Waals surface area contributed by atoms with E-state index >= 15 is 0 Å². The van der Waals surface area contributed by atoms with E-state index < -0.39 is 0 Å². The van der Waals surface area contributed by atoms with Crippen LogP contribution in [0, 0.1) is 0 Å². The van der Waals surface area contributed by atoms with Crippen molar-refractivity contribution in [1.82, 2.24) is 4.90 Å². The van der Waals surface area contributed by atoms with Gasteiger partial charge in [-0.05, 0) is 62.8 Å². The van der Waals surface area contributed by atoms with Crippen molar-refractivity contribution in [3.8, 4) is 5.75 Å². The minimum atomic E-state index is -0.382.